The predicted molar refractivity (Wildman–Crippen MR) is 112 cm³/mol. The fourth-order valence-electron chi connectivity index (χ4n) is 2.49. The van der Waals surface area contributed by atoms with Crippen LogP contribution in [-0.2, 0) is 4.74 Å². The molecule has 2 N–H and O–H groups in total. The summed E-state index contributed by atoms with van der Waals surface area (Å²) >= 11 is 3.15. The normalized spacial score (nSPS) is 10.4. The van der Waals surface area contributed by atoms with Gasteiger partial charge in [0.1, 0.15) is 12.1 Å². The van der Waals surface area contributed by atoms with E-state index in [0.717, 1.165) is 6.33 Å². The summed E-state index contributed by atoms with van der Waals surface area (Å²) < 4.78 is 19.6. The van der Waals surface area contributed by atoms with Gasteiger partial charge in [-0.05, 0) is 49.4 Å². The number of nitrogens with zero attached hydrogens (tertiary/aromatic N) is 3. The maximum atomic E-state index is 14.1. The Kier molecular flexibility index (Phi) is 6.52. The monoisotopic (exact) mass is 475 g/mol. The molecule has 0 saturated carbocycles. The predicted octanol–water partition coefficient (Wildman–Crippen LogP) is 4.95. The van der Waals surface area contributed by atoms with Crippen molar-refractivity contribution in [2.24, 2.45) is 0 Å². The van der Waals surface area contributed by atoms with Crippen molar-refractivity contribution in [2.45, 2.75) is 6.92 Å². The molecule has 3 aromatic rings. The fraction of sp³-hybridized carbons (Fsp3) is 0.105. The Morgan fingerprint density at radius 2 is 1.83 bits per heavy atom. The Morgan fingerprint density at radius 3 is 2.43 bits per heavy atom. The van der Waals surface area contributed by atoms with Crippen LogP contribution in [0.4, 0.5) is 33.1 Å². The Balaban J connectivity index is 1.89. The first-order chi connectivity index (χ1) is 14.4. The Bertz CT molecular complexity index is 1090. The second kappa shape index (κ2) is 9.27. The van der Waals surface area contributed by atoms with Crippen molar-refractivity contribution >= 4 is 50.6 Å². The summed E-state index contributed by atoms with van der Waals surface area (Å²) in [6.07, 6.45) is 1.11. The third-order valence-electron chi connectivity index (χ3n) is 3.85. The molecule has 1 aromatic heterocycles. The number of ether oxygens (including phenoxy) is 1. The topological polar surface area (TPSA) is 119 Å². The van der Waals surface area contributed by atoms with Gasteiger partial charge < -0.3 is 15.4 Å². The van der Waals surface area contributed by atoms with Gasteiger partial charge in [0.15, 0.2) is 0 Å². The van der Waals surface area contributed by atoms with Gasteiger partial charge in [0.25, 0.3) is 0 Å². The summed E-state index contributed by atoms with van der Waals surface area (Å²) in [6, 6.07) is 10.4. The molecule has 0 fully saturated rings. The van der Waals surface area contributed by atoms with Crippen molar-refractivity contribution in [1.29, 1.82) is 0 Å². The molecule has 0 aliphatic carbocycles. The number of esters is 1. The molecule has 0 radical (unpaired) electrons. The summed E-state index contributed by atoms with van der Waals surface area (Å²) in [5.41, 5.74) is 0.345. The van der Waals surface area contributed by atoms with E-state index >= 15 is 0 Å². The average molecular weight is 476 g/mol. The number of benzene rings is 2. The molecule has 0 aliphatic rings. The molecule has 0 spiro atoms. The number of carbonyl (C=O) groups excluding carboxylic acids is 1. The first-order valence-electron chi connectivity index (χ1n) is 8.64. The second-order valence-corrected chi connectivity index (χ2v) is 6.76. The molecule has 0 saturated heterocycles. The first-order valence-corrected chi connectivity index (χ1v) is 9.44. The van der Waals surface area contributed by atoms with Crippen LogP contribution in [0.1, 0.15) is 17.3 Å². The van der Waals surface area contributed by atoms with Crippen LogP contribution < -0.4 is 10.6 Å². The van der Waals surface area contributed by atoms with Gasteiger partial charge in [-0.25, -0.2) is 19.2 Å². The van der Waals surface area contributed by atoms with E-state index in [1.807, 2.05) is 0 Å². The fourth-order valence-corrected chi connectivity index (χ4v) is 2.83. The number of anilines is 4. The third-order valence-corrected chi connectivity index (χ3v) is 4.34. The van der Waals surface area contributed by atoms with Gasteiger partial charge in [0, 0.05) is 10.2 Å². The SMILES string of the molecule is CCOC(=O)c1ccc(Nc2ncnc(Nc3ccc(Br)cc3F)c2[N+](=O)[O-])cc1. The van der Waals surface area contributed by atoms with Gasteiger partial charge in [-0.15, -0.1) is 0 Å². The molecule has 0 atom stereocenters. The van der Waals surface area contributed by atoms with Crippen LogP contribution in [0, 0.1) is 15.9 Å². The van der Waals surface area contributed by atoms with Crippen molar-refractivity contribution in [1.82, 2.24) is 9.97 Å². The Morgan fingerprint density at radius 1 is 1.17 bits per heavy atom. The molecule has 2 aromatic carbocycles. The summed E-state index contributed by atoms with van der Waals surface area (Å²) in [7, 11) is 0. The number of aromatic nitrogens is 2. The van der Waals surface area contributed by atoms with E-state index in [-0.39, 0.29) is 23.9 Å². The minimum atomic E-state index is -0.672. The molecular weight excluding hydrogens is 461 g/mol. The van der Waals surface area contributed by atoms with Crippen molar-refractivity contribution in [3.8, 4) is 0 Å². The van der Waals surface area contributed by atoms with Gasteiger partial charge in [0.05, 0.1) is 22.8 Å². The lowest BCUT2D eigenvalue weighted by Gasteiger charge is -2.11. The molecule has 0 bridgehead atoms. The summed E-state index contributed by atoms with van der Waals surface area (Å²) in [5.74, 6) is -1.36. The molecule has 154 valence electrons. The smallest absolute Gasteiger partial charge is 0.353 e. The van der Waals surface area contributed by atoms with Crippen LogP contribution in [0.5, 0.6) is 0 Å². The van der Waals surface area contributed by atoms with E-state index in [1.54, 1.807) is 25.1 Å². The van der Waals surface area contributed by atoms with E-state index in [0.29, 0.717) is 15.7 Å². The second-order valence-electron chi connectivity index (χ2n) is 5.85. The number of nitro groups is 1. The molecule has 0 unspecified atom stereocenters. The Labute approximate surface area is 178 Å². The number of hydrogen-bond acceptors (Lipinski definition) is 8. The third kappa shape index (κ3) is 4.87. The maximum absolute atomic E-state index is 14.1. The molecule has 1 heterocycles. The quantitative estimate of drug-likeness (QED) is 0.279. The van der Waals surface area contributed by atoms with Crippen LogP contribution >= 0.6 is 15.9 Å². The first kappa shape index (κ1) is 21.1. The molecule has 0 amide bonds. The molecular formula is C19H15BrFN5O4. The molecule has 9 nitrogen and oxygen atoms in total. The zero-order chi connectivity index (χ0) is 21.7. The van der Waals surface area contributed by atoms with Gasteiger partial charge >= 0.3 is 11.7 Å². The lowest BCUT2D eigenvalue weighted by Crippen LogP contribution is -2.07. The lowest BCUT2D eigenvalue weighted by atomic mass is 10.2. The number of rotatable bonds is 7. The molecule has 0 aliphatic heterocycles. The van der Waals surface area contributed by atoms with Crippen LogP contribution in [0.25, 0.3) is 0 Å². The van der Waals surface area contributed by atoms with Crippen LogP contribution in [0.3, 0.4) is 0 Å². The highest BCUT2D eigenvalue weighted by Crippen LogP contribution is 2.34. The largest absolute Gasteiger partial charge is 0.462 e. The highest BCUT2D eigenvalue weighted by molar-refractivity contribution is 9.10. The van der Waals surface area contributed by atoms with E-state index in [1.165, 1.54) is 24.3 Å². The Hall–Kier alpha value is -3.60. The van der Waals surface area contributed by atoms with E-state index in [2.05, 4.69) is 36.5 Å². The average Bonchev–Trinajstić information content (AvgIpc) is 2.71. The summed E-state index contributed by atoms with van der Waals surface area (Å²) in [6.45, 7) is 1.95. The highest BCUT2D eigenvalue weighted by atomic mass is 79.9. The standard InChI is InChI=1S/C19H15BrFN5O4/c1-2-30-19(27)11-3-6-13(7-4-11)24-17-16(26(28)29)18(23-10-22-17)25-15-8-5-12(20)9-14(15)21/h3-10H,2H2,1H3,(H2,22,23,24,25). The van der Waals surface area contributed by atoms with E-state index in [4.69, 9.17) is 4.74 Å². The minimum absolute atomic E-state index is 0.0183. The van der Waals surface area contributed by atoms with Gasteiger partial charge in [-0.3, -0.25) is 10.1 Å². The van der Waals surface area contributed by atoms with Crippen molar-refractivity contribution in [2.75, 3.05) is 17.2 Å². The lowest BCUT2D eigenvalue weighted by molar-refractivity contribution is -0.383. The van der Waals surface area contributed by atoms with Crippen LogP contribution in [-0.4, -0.2) is 27.5 Å². The number of halogens is 2. The van der Waals surface area contributed by atoms with Crippen molar-refractivity contribution in [3.05, 3.63) is 74.8 Å². The van der Waals surface area contributed by atoms with Gasteiger partial charge in [-0.2, -0.15) is 0 Å². The molecule has 30 heavy (non-hydrogen) atoms. The van der Waals surface area contributed by atoms with Gasteiger partial charge in [0.2, 0.25) is 11.6 Å². The van der Waals surface area contributed by atoms with Gasteiger partial charge in [-0.1, -0.05) is 15.9 Å². The number of hydrogen-bond donors (Lipinski definition) is 2. The van der Waals surface area contributed by atoms with Crippen LogP contribution in [0.2, 0.25) is 0 Å². The zero-order valence-electron chi connectivity index (χ0n) is 15.6. The highest BCUT2D eigenvalue weighted by Gasteiger charge is 2.24. The van der Waals surface area contributed by atoms with E-state index in [9.17, 15) is 19.3 Å². The van der Waals surface area contributed by atoms with E-state index < -0.39 is 22.4 Å². The number of carbonyl (C=O) groups is 1. The summed E-state index contributed by atoms with van der Waals surface area (Å²) in [5, 5.41) is 17.1. The molecule has 11 heteroatoms. The van der Waals surface area contributed by atoms with Crippen LogP contribution in [0.15, 0.2) is 53.3 Å². The number of nitrogens with one attached hydrogen (secondary N) is 2. The zero-order valence-corrected chi connectivity index (χ0v) is 17.1. The minimum Gasteiger partial charge on any atom is -0.462 e. The molecule has 3 rings (SSSR count). The maximum Gasteiger partial charge on any atom is 0.353 e. The summed E-state index contributed by atoms with van der Waals surface area (Å²) in [4.78, 5) is 30.5. The van der Waals surface area contributed by atoms with Crippen molar-refractivity contribution < 1.29 is 18.8 Å². The van der Waals surface area contributed by atoms with Crippen molar-refractivity contribution in [3.63, 3.8) is 0 Å².